The number of ether oxygens (including phenoxy) is 1. The first-order valence-corrected chi connectivity index (χ1v) is 9.26. The quantitative estimate of drug-likeness (QED) is 0.860. The average Bonchev–Trinajstić information content (AvgIpc) is 2.90. The number of hydrogen-bond acceptors (Lipinski definition) is 4. The normalized spacial score (nSPS) is 30.4. The minimum absolute atomic E-state index is 0.171. The molecule has 1 aromatic carbocycles. The molecule has 0 spiro atoms. The van der Waals surface area contributed by atoms with E-state index in [-0.39, 0.29) is 29.9 Å². The molecule has 1 aliphatic carbocycles. The van der Waals surface area contributed by atoms with E-state index in [4.69, 9.17) is 4.74 Å². The number of nitrogens with one attached hydrogen (secondary N) is 2. The van der Waals surface area contributed by atoms with Gasteiger partial charge >= 0.3 is 0 Å². The van der Waals surface area contributed by atoms with Gasteiger partial charge in [0.05, 0.1) is 18.1 Å². The summed E-state index contributed by atoms with van der Waals surface area (Å²) >= 11 is 0. The fourth-order valence-electron chi connectivity index (χ4n) is 4.11. The van der Waals surface area contributed by atoms with Crippen molar-refractivity contribution in [3.63, 3.8) is 0 Å². The number of rotatable bonds is 3. The Hall–Kier alpha value is -2.60. The number of carbonyl (C=O) groups excluding carboxylic acids is 1. The molecule has 1 amide bonds. The predicted octanol–water partition coefficient (Wildman–Crippen LogP) is 3.13. The highest BCUT2D eigenvalue weighted by Gasteiger charge is 2.41. The van der Waals surface area contributed by atoms with E-state index in [0.29, 0.717) is 11.3 Å². The molecule has 4 rings (SSSR count). The van der Waals surface area contributed by atoms with E-state index >= 15 is 0 Å². The number of allylic oxidation sites excluding steroid dienone is 3. The average molecular weight is 369 g/mol. The minimum atomic E-state index is -0.498. The highest BCUT2D eigenvalue weighted by Crippen LogP contribution is 2.35. The van der Waals surface area contributed by atoms with Crippen LogP contribution in [0.5, 0.6) is 0 Å². The summed E-state index contributed by atoms with van der Waals surface area (Å²) in [6, 6.07) is 7.54. The van der Waals surface area contributed by atoms with Gasteiger partial charge in [-0.2, -0.15) is 0 Å². The van der Waals surface area contributed by atoms with Crippen molar-refractivity contribution in [2.24, 2.45) is 5.92 Å². The summed E-state index contributed by atoms with van der Waals surface area (Å²) < 4.78 is 19.4. The molecule has 0 bridgehead atoms. The summed E-state index contributed by atoms with van der Waals surface area (Å²) in [4.78, 5) is 14.7. The highest BCUT2D eigenvalue weighted by molar-refractivity contribution is 5.91. The molecule has 2 fully saturated rings. The number of hydrogen-bond donors (Lipinski definition) is 2. The Kier molecular flexibility index (Phi) is 4.52. The van der Waals surface area contributed by atoms with Crippen molar-refractivity contribution in [2.75, 3.05) is 23.3 Å². The number of nitrogens with zero attached hydrogens (tertiary/aromatic N) is 1. The third kappa shape index (κ3) is 3.49. The number of benzene rings is 1. The molecule has 142 valence electrons. The van der Waals surface area contributed by atoms with Gasteiger partial charge in [0.2, 0.25) is 5.91 Å². The fourth-order valence-corrected chi connectivity index (χ4v) is 4.11. The molecule has 4 unspecified atom stereocenters. The van der Waals surface area contributed by atoms with Gasteiger partial charge < -0.3 is 20.3 Å². The molecular formula is C21H24FN3O2. The smallest absolute Gasteiger partial charge is 0.247 e. The molecule has 0 saturated carbocycles. The van der Waals surface area contributed by atoms with Gasteiger partial charge in [-0.05, 0) is 55.8 Å². The van der Waals surface area contributed by atoms with Crippen LogP contribution in [0.2, 0.25) is 0 Å². The minimum Gasteiger partial charge on any atom is -0.373 e. The number of carbonyl (C=O) groups is 1. The molecule has 2 saturated heterocycles. The van der Waals surface area contributed by atoms with Crippen LogP contribution in [0.4, 0.5) is 15.8 Å². The Morgan fingerprint density at radius 2 is 1.85 bits per heavy atom. The maximum absolute atomic E-state index is 13.6. The van der Waals surface area contributed by atoms with Gasteiger partial charge in [0.25, 0.3) is 0 Å². The second-order valence-corrected chi connectivity index (χ2v) is 7.50. The molecule has 2 N–H and O–H groups in total. The Morgan fingerprint density at radius 3 is 2.52 bits per heavy atom. The van der Waals surface area contributed by atoms with E-state index in [1.165, 1.54) is 12.2 Å². The largest absolute Gasteiger partial charge is 0.373 e. The van der Waals surface area contributed by atoms with Crippen molar-refractivity contribution >= 4 is 17.3 Å². The Bertz CT molecular complexity index is 820. The number of amides is 1. The van der Waals surface area contributed by atoms with Gasteiger partial charge in [-0.25, -0.2) is 4.39 Å². The van der Waals surface area contributed by atoms with Crippen LogP contribution < -0.4 is 15.5 Å². The van der Waals surface area contributed by atoms with Gasteiger partial charge in [-0.15, -0.1) is 0 Å². The lowest BCUT2D eigenvalue weighted by Gasteiger charge is -2.37. The summed E-state index contributed by atoms with van der Waals surface area (Å²) in [5.41, 5.74) is 3.13. The van der Waals surface area contributed by atoms with E-state index in [2.05, 4.69) is 36.0 Å². The molecule has 4 atom stereocenters. The number of morpholine rings is 1. The second kappa shape index (κ2) is 6.85. The Balaban J connectivity index is 1.48. The zero-order valence-corrected chi connectivity index (χ0v) is 15.5. The summed E-state index contributed by atoms with van der Waals surface area (Å²) in [5.74, 6) is -0.821. The van der Waals surface area contributed by atoms with Crippen LogP contribution in [0.1, 0.15) is 13.8 Å². The topological polar surface area (TPSA) is 53.6 Å². The van der Waals surface area contributed by atoms with E-state index in [1.54, 1.807) is 0 Å². The summed E-state index contributed by atoms with van der Waals surface area (Å²) in [7, 11) is 0. The maximum atomic E-state index is 13.6. The molecule has 27 heavy (non-hydrogen) atoms. The molecule has 0 radical (unpaired) electrons. The summed E-state index contributed by atoms with van der Waals surface area (Å²) in [6.07, 6.45) is 3.14. The molecule has 1 aromatic rings. The summed E-state index contributed by atoms with van der Waals surface area (Å²) in [5, 5.41) is 6.03. The van der Waals surface area contributed by atoms with Crippen LogP contribution in [0.3, 0.4) is 0 Å². The Labute approximate surface area is 158 Å². The Morgan fingerprint density at radius 1 is 1.19 bits per heavy atom. The molecule has 3 aliphatic rings. The third-order valence-corrected chi connectivity index (χ3v) is 5.21. The molecule has 0 aromatic heterocycles. The second-order valence-electron chi connectivity index (χ2n) is 7.50. The lowest BCUT2D eigenvalue weighted by molar-refractivity contribution is -0.119. The van der Waals surface area contributed by atoms with Crippen molar-refractivity contribution in [1.29, 1.82) is 0 Å². The van der Waals surface area contributed by atoms with Crippen LogP contribution >= 0.6 is 0 Å². The molecular weight excluding hydrogens is 345 g/mol. The van der Waals surface area contributed by atoms with Crippen molar-refractivity contribution in [2.45, 2.75) is 32.1 Å². The van der Waals surface area contributed by atoms with E-state index in [9.17, 15) is 9.18 Å². The number of anilines is 2. The first-order chi connectivity index (χ1) is 12.9. The van der Waals surface area contributed by atoms with Crippen molar-refractivity contribution in [3.8, 4) is 0 Å². The van der Waals surface area contributed by atoms with Crippen LogP contribution in [0.25, 0.3) is 0 Å². The fraction of sp³-hybridized carbons (Fsp3) is 0.381. The number of fused-ring (bicyclic) bond motifs is 1. The lowest BCUT2D eigenvalue weighted by atomic mass is 9.88. The van der Waals surface area contributed by atoms with E-state index < -0.39 is 6.04 Å². The standard InChI is InChI=1S/C21H24FN3O2/c1-12-8-15(22)9-18-19(12)20(21(26)24-18)23-16-4-6-17(7-5-16)25-10-13(2)27-14(3)11-25/h4-9,13-14,19-20,23H,1,10-11H2,2-3H3,(H,24,26). The van der Waals surface area contributed by atoms with Crippen molar-refractivity contribution in [3.05, 3.63) is 60.1 Å². The van der Waals surface area contributed by atoms with Gasteiger partial charge in [0.15, 0.2) is 0 Å². The van der Waals surface area contributed by atoms with E-state index in [0.717, 1.165) is 24.5 Å². The van der Waals surface area contributed by atoms with Crippen LogP contribution in [-0.2, 0) is 9.53 Å². The first-order valence-electron chi connectivity index (χ1n) is 9.26. The van der Waals surface area contributed by atoms with Gasteiger partial charge in [-0.1, -0.05) is 6.58 Å². The van der Waals surface area contributed by atoms with Crippen molar-refractivity contribution < 1.29 is 13.9 Å². The first kappa shape index (κ1) is 17.8. The van der Waals surface area contributed by atoms with Crippen LogP contribution in [-0.4, -0.2) is 37.2 Å². The molecule has 5 nitrogen and oxygen atoms in total. The zero-order valence-electron chi connectivity index (χ0n) is 15.5. The molecule has 6 heteroatoms. The van der Waals surface area contributed by atoms with Gasteiger partial charge in [-0.3, -0.25) is 4.79 Å². The van der Waals surface area contributed by atoms with Gasteiger partial charge in [0.1, 0.15) is 11.9 Å². The van der Waals surface area contributed by atoms with Gasteiger partial charge in [0, 0.05) is 30.2 Å². The maximum Gasteiger partial charge on any atom is 0.247 e. The predicted molar refractivity (Wildman–Crippen MR) is 104 cm³/mol. The van der Waals surface area contributed by atoms with Crippen molar-refractivity contribution in [1.82, 2.24) is 5.32 Å². The highest BCUT2D eigenvalue weighted by atomic mass is 19.1. The molecule has 2 heterocycles. The monoisotopic (exact) mass is 369 g/mol. The zero-order chi connectivity index (χ0) is 19.1. The lowest BCUT2D eigenvalue weighted by Crippen LogP contribution is -2.45. The molecule has 2 aliphatic heterocycles. The SMILES string of the molecule is C=C1C=C(F)C=C2NC(=O)C(Nc3ccc(N4CC(C)OC(C)C4)cc3)C12. The number of halogens is 1. The summed E-state index contributed by atoms with van der Waals surface area (Å²) in [6.45, 7) is 9.79. The third-order valence-electron chi connectivity index (χ3n) is 5.21. The van der Waals surface area contributed by atoms with Crippen LogP contribution in [0.15, 0.2) is 60.1 Å². The van der Waals surface area contributed by atoms with Crippen LogP contribution in [0, 0.1) is 5.92 Å². The van der Waals surface area contributed by atoms with E-state index in [1.807, 2.05) is 24.3 Å².